The number of benzene rings is 1. The van der Waals surface area contributed by atoms with E-state index in [1.54, 1.807) is 0 Å². The van der Waals surface area contributed by atoms with Gasteiger partial charge in [-0.3, -0.25) is 0 Å². The Morgan fingerprint density at radius 2 is 1.95 bits per heavy atom. The van der Waals surface area contributed by atoms with Gasteiger partial charge in [-0.1, -0.05) is 54.2 Å². The first kappa shape index (κ1) is 11.8. The number of allylic oxidation sites excluding steroid dienone is 5. The summed E-state index contributed by atoms with van der Waals surface area (Å²) in [6.45, 7) is 2.24. The van der Waals surface area contributed by atoms with Crippen molar-refractivity contribution >= 4 is 5.69 Å². The second kappa shape index (κ2) is 4.52. The van der Waals surface area contributed by atoms with Crippen LogP contribution in [0.2, 0.25) is 0 Å². The molecule has 1 aromatic carbocycles. The third-order valence-corrected chi connectivity index (χ3v) is 4.52. The smallest absolute Gasteiger partial charge is 0.0629 e. The molecule has 2 atom stereocenters. The second-order valence-corrected chi connectivity index (χ2v) is 5.87. The fraction of sp³-hybridized carbons (Fsp3) is 0.263. The van der Waals surface area contributed by atoms with Gasteiger partial charge in [-0.05, 0) is 37.5 Å². The van der Waals surface area contributed by atoms with Gasteiger partial charge in [-0.2, -0.15) is 0 Å². The van der Waals surface area contributed by atoms with Crippen molar-refractivity contribution < 1.29 is 0 Å². The molecule has 0 saturated heterocycles. The summed E-state index contributed by atoms with van der Waals surface area (Å²) in [4.78, 5) is 2.52. The van der Waals surface area contributed by atoms with Crippen molar-refractivity contribution in [1.82, 2.24) is 0 Å². The molecule has 1 heteroatoms. The maximum atomic E-state index is 2.52. The fourth-order valence-corrected chi connectivity index (χ4v) is 3.59. The minimum atomic E-state index is 0.436. The van der Waals surface area contributed by atoms with Gasteiger partial charge >= 0.3 is 0 Å². The molecular formula is C19H19N. The van der Waals surface area contributed by atoms with Crippen molar-refractivity contribution in [1.29, 1.82) is 0 Å². The van der Waals surface area contributed by atoms with Crippen LogP contribution in [0.3, 0.4) is 0 Å². The molecule has 20 heavy (non-hydrogen) atoms. The van der Waals surface area contributed by atoms with E-state index in [0.29, 0.717) is 12.0 Å². The predicted octanol–water partition coefficient (Wildman–Crippen LogP) is 4.71. The SMILES string of the molecule is CC1=CC(N2c3ccccc3C3C=CC=CC32)=CCC1. The summed E-state index contributed by atoms with van der Waals surface area (Å²) >= 11 is 0. The number of nitrogens with zero attached hydrogens (tertiary/aromatic N) is 1. The van der Waals surface area contributed by atoms with Crippen LogP contribution in [0, 0.1) is 0 Å². The van der Waals surface area contributed by atoms with Crippen LogP contribution in [-0.4, -0.2) is 6.04 Å². The summed E-state index contributed by atoms with van der Waals surface area (Å²) in [5, 5.41) is 0. The van der Waals surface area contributed by atoms with Gasteiger partial charge in [0.15, 0.2) is 0 Å². The quantitative estimate of drug-likeness (QED) is 0.707. The van der Waals surface area contributed by atoms with Gasteiger partial charge in [-0.25, -0.2) is 0 Å². The summed E-state index contributed by atoms with van der Waals surface area (Å²) in [6, 6.07) is 9.27. The summed E-state index contributed by atoms with van der Waals surface area (Å²) in [5.74, 6) is 0.493. The zero-order valence-corrected chi connectivity index (χ0v) is 11.8. The maximum Gasteiger partial charge on any atom is 0.0629 e. The lowest BCUT2D eigenvalue weighted by molar-refractivity contribution is 0.723. The van der Waals surface area contributed by atoms with Crippen molar-refractivity contribution in [2.24, 2.45) is 0 Å². The molecular weight excluding hydrogens is 242 g/mol. The Hall–Kier alpha value is -2.02. The largest absolute Gasteiger partial charge is 0.334 e. The van der Waals surface area contributed by atoms with Crippen molar-refractivity contribution in [3.8, 4) is 0 Å². The summed E-state index contributed by atoms with van der Waals surface area (Å²) in [7, 11) is 0. The summed E-state index contributed by atoms with van der Waals surface area (Å²) < 4.78 is 0. The lowest BCUT2D eigenvalue weighted by Crippen LogP contribution is -2.32. The van der Waals surface area contributed by atoms with Crippen molar-refractivity contribution in [3.63, 3.8) is 0 Å². The van der Waals surface area contributed by atoms with Crippen LogP contribution in [0.15, 0.2) is 72.0 Å². The molecule has 4 rings (SSSR count). The van der Waals surface area contributed by atoms with Crippen molar-refractivity contribution in [3.05, 3.63) is 77.6 Å². The molecule has 0 N–H and O–H groups in total. The number of fused-ring (bicyclic) bond motifs is 3. The average Bonchev–Trinajstić information content (AvgIpc) is 2.82. The van der Waals surface area contributed by atoms with E-state index in [4.69, 9.17) is 0 Å². The van der Waals surface area contributed by atoms with Crippen LogP contribution < -0.4 is 4.90 Å². The molecule has 0 bridgehead atoms. The Balaban J connectivity index is 1.85. The van der Waals surface area contributed by atoms with Gasteiger partial charge in [0.2, 0.25) is 0 Å². The van der Waals surface area contributed by atoms with E-state index in [9.17, 15) is 0 Å². The topological polar surface area (TPSA) is 3.24 Å². The lowest BCUT2D eigenvalue weighted by atomic mass is 9.91. The highest BCUT2D eigenvalue weighted by Gasteiger charge is 2.37. The van der Waals surface area contributed by atoms with Crippen LogP contribution in [0.4, 0.5) is 5.69 Å². The van der Waals surface area contributed by atoms with Gasteiger partial charge in [-0.15, -0.1) is 0 Å². The van der Waals surface area contributed by atoms with E-state index in [-0.39, 0.29) is 0 Å². The first-order valence-corrected chi connectivity index (χ1v) is 7.45. The highest BCUT2D eigenvalue weighted by Crippen LogP contribution is 2.46. The second-order valence-electron chi connectivity index (χ2n) is 5.87. The Labute approximate surface area is 120 Å². The van der Waals surface area contributed by atoms with Gasteiger partial charge in [0.1, 0.15) is 0 Å². The molecule has 1 aromatic rings. The maximum absolute atomic E-state index is 2.52. The molecule has 2 aliphatic carbocycles. The van der Waals surface area contributed by atoms with E-state index in [1.165, 1.54) is 28.9 Å². The number of hydrogen-bond donors (Lipinski definition) is 0. The van der Waals surface area contributed by atoms with Crippen LogP contribution in [0.1, 0.15) is 31.2 Å². The van der Waals surface area contributed by atoms with Crippen molar-refractivity contribution in [2.75, 3.05) is 4.90 Å². The molecule has 1 nitrogen and oxygen atoms in total. The van der Waals surface area contributed by atoms with Crippen LogP contribution in [-0.2, 0) is 0 Å². The Morgan fingerprint density at radius 1 is 1.10 bits per heavy atom. The third-order valence-electron chi connectivity index (χ3n) is 4.52. The highest BCUT2D eigenvalue weighted by molar-refractivity contribution is 5.70. The number of hydrogen-bond acceptors (Lipinski definition) is 1. The van der Waals surface area contributed by atoms with Crippen molar-refractivity contribution in [2.45, 2.75) is 31.7 Å². The van der Waals surface area contributed by atoms with E-state index in [1.807, 2.05) is 0 Å². The molecule has 0 fully saturated rings. The summed E-state index contributed by atoms with van der Waals surface area (Å²) in [6.07, 6.45) is 16.1. The molecule has 0 radical (unpaired) electrons. The number of anilines is 1. The first-order valence-electron chi connectivity index (χ1n) is 7.45. The monoisotopic (exact) mass is 261 g/mol. The molecule has 0 saturated carbocycles. The predicted molar refractivity (Wildman–Crippen MR) is 84.8 cm³/mol. The van der Waals surface area contributed by atoms with E-state index in [2.05, 4.69) is 72.5 Å². The fourth-order valence-electron chi connectivity index (χ4n) is 3.59. The van der Waals surface area contributed by atoms with E-state index < -0.39 is 0 Å². The van der Waals surface area contributed by atoms with Crippen LogP contribution >= 0.6 is 0 Å². The molecule has 100 valence electrons. The molecule has 0 spiro atoms. The Kier molecular flexibility index (Phi) is 2.66. The van der Waals surface area contributed by atoms with Gasteiger partial charge < -0.3 is 4.90 Å². The molecule has 0 amide bonds. The molecule has 0 aromatic heterocycles. The molecule has 1 aliphatic heterocycles. The van der Waals surface area contributed by atoms with Gasteiger partial charge in [0.05, 0.1) is 6.04 Å². The minimum absolute atomic E-state index is 0.436. The summed E-state index contributed by atoms with van der Waals surface area (Å²) in [5.41, 5.74) is 5.68. The Morgan fingerprint density at radius 3 is 2.85 bits per heavy atom. The molecule has 2 unspecified atom stereocenters. The zero-order valence-electron chi connectivity index (χ0n) is 11.8. The first-order chi connectivity index (χ1) is 9.84. The normalized spacial score (nSPS) is 26.9. The third kappa shape index (κ3) is 1.70. The minimum Gasteiger partial charge on any atom is -0.334 e. The zero-order chi connectivity index (χ0) is 13.5. The van der Waals surface area contributed by atoms with E-state index in [0.717, 1.165) is 6.42 Å². The number of para-hydroxylation sites is 1. The van der Waals surface area contributed by atoms with Crippen LogP contribution in [0.25, 0.3) is 0 Å². The van der Waals surface area contributed by atoms with Gasteiger partial charge in [0, 0.05) is 17.3 Å². The molecule has 1 heterocycles. The lowest BCUT2D eigenvalue weighted by Gasteiger charge is -2.31. The van der Waals surface area contributed by atoms with Gasteiger partial charge in [0.25, 0.3) is 0 Å². The highest BCUT2D eigenvalue weighted by atomic mass is 15.2. The average molecular weight is 261 g/mol. The van der Waals surface area contributed by atoms with Crippen LogP contribution in [0.5, 0.6) is 0 Å². The number of rotatable bonds is 1. The van der Waals surface area contributed by atoms with E-state index >= 15 is 0 Å². The Bertz CT molecular complexity index is 660. The molecule has 3 aliphatic rings. The standard InChI is InChI=1S/C19H19N/c1-14-7-6-8-15(13-14)20-18-11-4-2-9-16(18)17-10-3-5-12-19(17)20/h2-5,8-13,16,18H,6-7H2,1H3.